The molecule has 0 spiro atoms. The Kier molecular flexibility index (Phi) is 3.03. The Labute approximate surface area is 77.0 Å². The molecule has 4 nitrogen and oxygen atoms in total. The minimum atomic E-state index is 0.0700. The first-order chi connectivity index (χ1) is 6.22. The number of aryl methyl sites for hydroxylation is 1. The van der Waals surface area contributed by atoms with E-state index in [0.29, 0.717) is 0 Å². The third kappa shape index (κ3) is 2.94. The van der Waals surface area contributed by atoms with Gasteiger partial charge in [0.25, 0.3) is 0 Å². The molecule has 4 heteroatoms. The zero-order chi connectivity index (χ0) is 9.68. The Morgan fingerprint density at radius 1 is 1.31 bits per heavy atom. The Bertz CT molecular complexity index is 324. The van der Waals surface area contributed by atoms with Crippen molar-refractivity contribution in [2.75, 3.05) is 0 Å². The van der Waals surface area contributed by atoms with E-state index in [9.17, 15) is 0 Å². The van der Waals surface area contributed by atoms with E-state index >= 15 is 0 Å². The molecule has 0 saturated heterocycles. The fourth-order valence-corrected chi connectivity index (χ4v) is 0.827. The maximum Gasteiger partial charge on any atom is 0.236 e. The van der Waals surface area contributed by atoms with Crippen LogP contribution in [-0.4, -0.2) is 12.2 Å². The molecule has 0 aliphatic rings. The lowest BCUT2D eigenvalue weighted by molar-refractivity contribution is 1.21. The summed E-state index contributed by atoms with van der Waals surface area (Å²) in [5.74, 6) is 4.98. The van der Waals surface area contributed by atoms with E-state index in [0.717, 1.165) is 5.56 Å². The van der Waals surface area contributed by atoms with Crippen LogP contribution in [-0.2, 0) is 0 Å². The number of guanidine groups is 1. The molecule has 0 aliphatic heterocycles. The number of benzene rings is 1. The molecule has 0 atom stereocenters. The van der Waals surface area contributed by atoms with Gasteiger partial charge in [0.2, 0.25) is 5.96 Å². The summed E-state index contributed by atoms with van der Waals surface area (Å²) in [6.45, 7) is 2.02. The molecule has 68 valence electrons. The summed E-state index contributed by atoms with van der Waals surface area (Å²) in [5, 5.41) is 3.22. The van der Waals surface area contributed by atoms with Crippen molar-refractivity contribution in [3.05, 3.63) is 35.4 Å². The van der Waals surface area contributed by atoms with Crippen molar-refractivity contribution >= 4 is 12.2 Å². The van der Waals surface area contributed by atoms with Crippen LogP contribution >= 0.6 is 0 Å². The summed E-state index contributed by atoms with van der Waals surface area (Å²) in [6, 6.07) is 7.89. The molecule has 0 amide bonds. The van der Waals surface area contributed by atoms with Gasteiger partial charge in [0, 0.05) is 6.21 Å². The Hall–Kier alpha value is -1.84. The van der Waals surface area contributed by atoms with Crippen molar-refractivity contribution in [2.45, 2.75) is 6.92 Å². The van der Waals surface area contributed by atoms with Gasteiger partial charge in [-0.25, -0.2) is 4.99 Å². The third-order valence-corrected chi connectivity index (χ3v) is 1.56. The first kappa shape index (κ1) is 9.25. The van der Waals surface area contributed by atoms with Gasteiger partial charge in [-0.15, -0.1) is 5.10 Å². The van der Waals surface area contributed by atoms with Gasteiger partial charge >= 0.3 is 0 Å². The summed E-state index contributed by atoms with van der Waals surface area (Å²) < 4.78 is 0. The Morgan fingerprint density at radius 2 is 1.92 bits per heavy atom. The molecule has 4 N–H and O–H groups in total. The highest BCUT2D eigenvalue weighted by Crippen LogP contribution is 1.99. The maximum atomic E-state index is 5.28. The average molecular weight is 176 g/mol. The van der Waals surface area contributed by atoms with Crippen molar-refractivity contribution in [2.24, 2.45) is 21.7 Å². The lowest BCUT2D eigenvalue weighted by Gasteiger charge is -1.93. The fraction of sp³-hybridized carbons (Fsp3) is 0.111. The first-order valence-electron chi connectivity index (χ1n) is 3.86. The zero-order valence-corrected chi connectivity index (χ0v) is 7.44. The van der Waals surface area contributed by atoms with Gasteiger partial charge < -0.3 is 11.6 Å². The third-order valence-electron chi connectivity index (χ3n) is 1.56. The molecular weight excluding hydrogens is 164 g/mol. The molecule has 0 radical (unpaired) electrons. The van der Waals surface area contributed by atoms with Crippen LogP contribution in [0.15, 0.2) is 34.4 Å². The smallest absolute Gasteiger partial charge is 0.236 e. The summed E-state index contributed by atoms with van der Waals surface area (Å²) >= 11 is 0. The molecule has 1 rings (SSSR count). The lowest BCUT2D eigenvalue weighted by atomic mass is 10.2. The SMILES string of the molecule is Cc1ccc(C=NC(N)=NN)cc1. The van der Waals surface area contributed by atoms with E-state index in [2.05, 4.69) is 10.1 Å². The predicted molar refractivity (Wildman–Crippen MR) is 54.6 cm³/mol. The van der Waals surface area contributed by atoms with Gasteiger partial charge in [-0.05, 0) is 12.5 Å². The number of hydrogen-bond acceptors (Lipinski definition) is 2. The van der Waals surface area contributed by atoms with Gasteiger partial charge in [0.1, 0.15) is 0 Å². The summed E-state index contributed by atoms with van der Waals surface area (Å²) in [7, 11) is 0. The monoisotopic (exact) mass is 176 g/mol. The molecule has 0 aromatic heterocycles. The number of nitrogens with zero attached hydrogens (tertiary/aromatic N) is 2. The van der Waals surface area contributed by atoms with Gasteiger partial charge in [0.05, 0.1) is 0 Å². The van der Waals surface area contributed by atoms with Crippen molar-refractivity contribution in [1.82, 2.24) is 0 Å². The normalized spacial score (nSPS) is 12.2. The fourth-order valence-electron chi connectivity index (χ4n) is 0.827. The van der Waals surface area contributed by atoms with Crippen molar-refractivity contribution in [3.8, 4) is 0 Å². The van der Waals surface area contributed by atoms with Crippen LogP contribution in [0, 0.1) is 6.92 Å². The van der Waals surface area contributed by atoms with Crippen LogP contribution < -0.4 is 11.6 Å². The molecular formula is C9H12N4. The minimum absolute atomic E-state index is 0.0700. The summed E-state index contributed by atoms with van der Waals surface area (Å²) in [6.07, 6.45) is 1.62. The van der Waals surface area contributed by atoms with Crippen LogP contribution in [0.1, 0.15) is 11.1 Å². The summed E-state index contributed by atoms with van der Waals surface area (Å²) in [5.41, 5.74) is 7.45. The maximum absolute atomic E-state index is 5.28. The largest absolute Gasteiger partial charge is 0.367 e. The molecule has 0 saturated carbocycles. The van der Waals surface area contributed by atoms with E-state index < -0.39 is 0 Å². The minimum Gasteiger partial charge on any atom is -0.367 e. The molecule has 0 aliphatic carbocycles. The second kappa shape index (κ2) is 4.25. The lowest BCUT2D eigenvalue weighted by Crippen LogP contribution is -2.10. The Morgan fingerprint density at radius 3 is 2.46 bits per heavy atom. The molecule has 1 aromatic rings. The van der Waals surface area contributed by atoms with Gasteiger partial charge in [-0.3, -0.25) is 0 Å². The molecule has 0 unspecified atom stereocenters. The van der Waals surface area contributed by atoms with Crippen LogP contribution in [0.2, 0.25) is 0 Å². The molecule has 1 aromatic carbocycles. The first-order valence-corrected chi connectivity index (χ1v) is 3.86. The molecule has 0 bridgehead atoms. The standard InChI is InChI=1S/C9H12N4/c1-7-2-4-8(5-3-7)6-12-9(10)13-11/h2-6H,11H2,1H3,(H2,10,13). The quantitative estimate of drug-likeness (QED) is 0.284. The van der Waals surface area contributed by atoms with E-state index in [1.807, 2.05) is 31.2 Å². The number of rotatable bonds is 1. The second-order valence-corrected chi connectivity index (χ2v) is 2.66. The van der Waals surface area contributed by atoms with Crippen molar-refractivity contribution in [1.29, 1.82) is 0 Å². The number of nitrogens with two attached hydrogens (primary N) is 2. The van der Waals surface area contributed by atoms with Crippen LogP contribution in [0.4, 0.5) is 0 Å². The van der Waals surface area contributed by atoms with Crippen LogP contribution in [0.25, 0.3) is 0 Å². The number of hydrazone groups is 1. The molecule has 13 heavy (non-hydrogen) atoms. The number of hydrogen-bond donors (Lipinski definition) is 2. The van der Waals surface area contributed by atoms with Crippen LogP contribution in [0.5, 0.6) is 0 Å². The van der Waals surface area contributed by atoms with Gasteiger partial charge in [-0.1, -0.05) is 29.8 Å². The second-order valence-electron chi connectivity index (χ2n) is 2.66. The molecule has 0 fully saturated rings. The van der Waals surface area contributed by atoms with Crippen LogP contribution in [0.3, 0.4) is 0 Å². The average Bonchev–Trinajstić information content (AvgIpc) is 2.16. The van der Waals surface area contributed by atoms with Crippen molar-refractivity contribution < 1.29 is 0 Å². The van der Waals surface area contributed by atoms with E-state index in [1.165, 1.54) is 5.56 Å². The molecule has 0 heterocycles. The Balaban J connectivity index is 2.75. The predicted octanol–water partition coefficient (Wildman–Crippen LogP) is 0.602. The summed E-state index contributed by atoms with van der Waals surface area (Å²) in [4.78, 5) is 3.82. The number of aliphatic imine (C=N–C) groups is 1. The van der Waals surface area contributed by atoms with E-state index in [-0.39, 0.29) is 5.96 Å². The topological polar surface area (TPSA) is 76.8 Å². The van der Waals surface area contributed by atoms with E-state index in [4.69, 9.17) is 11.6 Å². The van der Waals surface area contributed by atoms with Gasteiger partial charge in [0.15, 0.2) is 0 Å². The highest BCUT2D eigenvalue weighted by atomic mass is 15.2. The highest BCUT2D eigenvalue weighted by Gasteiger charge is 1.87. The van der Waals surface area contributed by atoms with Crippen molar-refractivity contribution in [3.63, 3.8) is 0 Å². The zero-order valence-electron chi connectivity index (χ0n) is 7.44. The van der Waals surface area contributed by atoms with Gasteiger partial charge in [-0.2, -0.15) is 0 Å². The van der Waals surface area contributed by atoms with E-state index in [1.54, 1.807) is 6.21 Å². The highest BCUT2D eigenvalue weighted by molar-refractivity contribution is 5.92.